The Bertz CT molecular complexity index is 577. The molecule has 0 atom stereocenters. The number of nitrogens with zero attached hydrogens (tertiary/aromatic N) is 2. The van der Waals surface area contributed by atoms with Gasteiger partial charge in [-0.25, -0.2) is 0 Å². The maximum atomic E-state index is 5.26. The standard InChI is InChI=1S/C13H15BrN4S/c1-9-10(8-18(2)17-9)7-15-13(19)16-12-5-3-11(14)4-6-12/h3-6,8H,7H2,1-2H3,(H2,15,16,19). The van der Waals surface area contributed by atoms with Crippen molar-refractivity contribution in [1.82, 2.24) is 15.1 Å². The molecule has 0 aliphatic heterocycles. The molecule has 0 spiro atoms. The first-order valence-electron chi connectivity index (χ1n) is 5.84. The molecular weight excluding hydrogens is 324 g/mol. The second-order valence-corrected chi connectivity index (χ2v) is 5.55. The van der Waals surface area contributed by atoms with Crippen LogP contribution in [0.1, 0.15) is 11.3 Å². The van der Waals surface area contributed by atoms with E-state index >= 15 is 0 Å². The summed E-state index contributed by atoms with van der Waals surface area (Å²) in [5.41, 5.74) is 3.12. The molecule has 0 aliphatic rings. The zero-order valence-electron chi connectivity index (χ0n) is 10.8. The highest BCUT2D eigenvalue weighted by Crippen LogP contribution is 2.14. The largest absolute Gasteiger partial charge is 0.358 e. The number of hydrogen-bond acceptors (Lipinski definition) is 2. The third-order valence-corrected chi connectivity index (χ3v) is 3.43. The topological polar surface area (TPSA) is 41.9 Å². The minimum Gasteiger partial charge on any atom is -0.358 e. The molecule has 100 valence electrons. The molecule has 0 bridgehead atoms. The zero-order chi connectivity index (χ0) is 13.8. The van der Waals surface area contributed by atoms with Crippen LogP contribution >= 0.6 is 28.1 Å². The summed E-state index contributed by atoms with van der Waals surface area (Å²) in [7, 11) is 1.91. The molecule has 2 N–H and O–H groups in total. The van der Waals surface area contributed by atoms with E-state index in [2.05, 4.69) is 31.7 Å². The number of aryl methyl sites for hydroxylation is 2. The minimum atomic E-state index is 0.602. The van der Waals surface area contributed by atoms with E-state index in [1.54, 1.807) is 4.68 Å². The average Bonchev–Trinajstić information content (AvgIpc) is 2.68. The number of nitrogens with one attached hydrogen (secondary N) is 2. The van der Waals surface area contributed by atoms with Crippen LogP contribution in [0.3, 0.4) is 0 Å². The SMILES string of the molecule is Cc1nn(C)cc1CNC(=S)Nc1ccc(Br)cc1. The van der Waals surface area contributed by atoms with E-state index in [1.165, 1.54) is 0 Å². The summed E-state index contributed by atoms with van der Waals surface area (Å²) in [5.74, 6) is 0. The number of anilines is 1. The van der Waals surface area contributed by atoms with Gasteiger partial charge in [-0.3, -0.25) is 4.68 Å². The van der Waals surface area contributed by atoms with E-state index in [0.717, 1.165) is 21.4 Å². The van der Waals surface area contributed by atoms with E-state index in [-0.39, 0.29) is 0 Å². The molecule has 19 heavy (non-hydrogen) atoms. The molecule has 1 aromatic heterocycles. The normalized spacial score (nSPS) is 10.3. The molecule has 2 rings (SSSR count). The number of halogens is 1. The summed E-state index contributed by atoms with van der Waals surface area (Å²) in [6, 6.07) is 7.87. The Morgan fingerprint density at radius 1 is 1.37 bits per heavy atom. The van der Waals surface area contributed by atoms with E-state index in [1.807, 2.05) is 44.4 Å². The van der Waals surface area contributed by atoms with Crippen LogP contribution < -0.4 is 10.6 Å². The Kier molecular flexibility index (Phi) is 4.55. The Balaban J connectivity index is 1.88. The Morgan fingerprint density at radius 3 is 2.63 bits per heavy atom. The lowest BCUT2D eigenvalue weighted by Crippen LogP contribution is -2.27. The van der Waals surface area contributed by atoms with Crippen LogP contribution in [0.15, 0.2) is 34.9 Å². The quantitative estimate of drug-likeness (QED) is 0.844. The van der Waals surface area contributed by atoms with Crippen molar-refractivity contribution in [2.45, 2.75) is 13.5 Å². The van der Waals surface area contributed by atoms with Crippen molar-refractivity contribution in [3.05, 3.63) is 46.2 Å². The van der Waals surface area contributed by atoms with Gasteiger partial charge in [0.15, 0.2) is 5.11 Å². The summed E-state index contributed by atoms with van der Waals surface area (Å²) >= 11 is 8.65. The molecule has 0 aliphatic carbocycles. The fourth-order valence-corrected chi connectivity index (χ4v) is 2.16. The summed E-state index contributed by atoms with van der Waals surface area (Å²) in [4.78, 5) is 0. The molecule has 0 amide bonds. The first kappa shape index (κ1) is 14.0. The van der Waals surface area contributed by atoms with Gasteiger partial charge < -0.3 is 10.6 Å². The van der Waals surface area contributed by atoms with Gasteiger partial charge in [0.25, 0.3) is 0 Å². The monoisotopic (exact) mass is 338 g/mol. The van der Waals surface area contributed by atoms with Gasteiger partial charge in [-0.2, -0.15) is 5.10 Å². The zero-order valence-corrected chi connectivity index (χ0v) is 13.2. The molecule has 4 nitrogen and oxygen atoms in total. The molecule has 0 fully saturated rings. The Hall–Kier alpha value is -1.40. The summed E-state index contributed by atoms with van der Waals surface area (Å²) < 4.78 is 2.85. The third-order valence-electron chi connectivity index (χ3n) is 2.66. The molecule has 1 aromatic carbocycles. The molecule has 0 saturated heterocycles. The fourth-order valence-electron chi connectivity index (χ4n) is 1.71. The van der Waals surface area contributed by atoms with Crippen molar-refractivity contribution in [2.75, 3.05) is 5.32 Å². The number of thiocarbonyl (C=S) groups is 1. The Morgan fingerprint density at radius 2 is 2.05 bits per heavy atom. The second-order valence-electron chi connectivity index (χ2n) is 4.23. The van der Waals surface area contributed by atoms with Crippen LogP contribution in [0.4, 0.5) is 5.69 Å². The van der Waals surface area contributed by atoms with Gasteiger partial charge in [0.1, 0.15) is 0 Å². The predicted molar refractivity (Wildman–Crippen MR) is 85.1 cm³/mol. The van der Waals surface area contributed by atoms with E-state index in [9.17, 15) is 0 Å². The fraction of sp³-hybridized carbons (Fsp3) is 0.231. The first-order chi connectivity index (χ1) is 9.04. The molecule has 0 unspecified atom stereocenters. The number of benzene rings is 1. The maximum absolute atomic E-state index is 5.26. The van der Waals surface area contributed by atoms with Crippen molar-refractivity contribution in [2.24, 2.45) is 7.05 Å². The van der Waals surface area contributed by atoms with Crippen LogP contribution in [-0.4, -0.2) is 14.9 Å². The van der Waals surface area contributed by atoms with Gasteiger partial charge in [-0.1, -0.05) is 15.9 Å². The van der Waals surface area contributed by atoms with Crippen molar-refractivity contribution in [1.29, 1.82) is 0 Å². The van der Waals surface area contributed by atoms with Gasteiger partial charge in [0.05, 0.1) is 5.69 Å². The van der Waals surface area contributed by atoms with Crippen molar-refractivity contribution in [3.63, 3.8) is 0 Å². The number of hydrogen-bond donors (Lipinski definition) is 2. The molecule has 1 heterocycles. The van der Waals surface area contributed by atoms with Gasteiger partial charge in [0.2, 0.25) is 0 Å². The first-order valence-corrected chi connectivity index (χ1v) is 7.04. The summed E-state index contributed by atoms with van der Waals surface area (Å²) in [6.45, 7) is 2.66. The third kappa shape index (κ3) is 4.04. The van der Waals surface area contributed by atoms with E-state index in [4.69, 9.17) is 12.2 Å². The summed E-state index contributed by atoms with van der Waals surface area (Å²) in [5, 5.41) is 11.2. The van der Waals surface area contributed by atoms with Crippen molar-refractivity contribution < 1.29 is 0 Å². The smallest absolute Gasteiger partial charge is 0.171 e. The van der Waals surface area contributed by atoms with Gasteiger partial charge >= 0.3 is 0 Å². The minimum absolute atomic E-state index is 0.602. The van der Waals surface area contributed by atoms with Crippen LogP contribution in [0.5, 0.6) is 0 Å². The maximum Gasteiger partial charge on any atom is 0.171 e. The summed E-state index contributed by atoms with van der Waals surface area (Å²) in [6.07, 6.45) is 1.99. The van der Waals surface area contributed by atoms with Gasteiger partial charge in [-0.05, 0) is 43.4 Å². The lowest BCUT2D eigenvalue weighted by atomic mass is 10.3. The second kappa shape index (κ2) is 6.16. The predicted octanol–water partition coefficient (Wildman–Crippen LogP) is 2.98. The molecular formula is C13H15BrN4S. The van der Waals surface area contributed by atoms with Crippen molar-refractivity contribution >= 4 is 38.9 Å². The van der Waals surface area contributed by atoms with E-state index < -0.39 is 0 Å². The van der Waals surface area contributed by atoms with Gasteiger partial charge in [-0.15, -0.1) is 0 Å². The Labute approximate surface area is 126 Å². The highest BCUT2D eigenvalue weighted by molar-refractivity contribution is 9.10. The van der Waals surface area contributed by atoms with E-state index in [0.29, 0.717) is 11.7 Å². The van der Waals surface area contributed by atoms with Crippen LogP contribution in [0.2, 0.25) is 0 Å². The number of rotatable bonds is 3. The average molecular weight is 339 g/mol. The van der Waals surface area contributed by atoms with Gasteiger partial charge in [0, 0.05) is 35.5 Å². The van der Waals surface area contributed by atoms with Crippen molar-refractivity contribution in [3.8, 4) is 0 Å². The van der Waals surface area contributed by atoms with Crippen LogP contribution in [-0.2, 0) is 13.6 Å². The highest BCUT2D eigenvalue weighted by atomic mass is 79.9. The lowest BCUT2D eigenvalue weighted by molar-refractivity contribution is 0.756. The molecule has 0 saturated carbocycles. The molecule has 0 radical (unpaired) electrons. The highest BCUT2D eigenvalue weighted by Gasteiger charge is 2.03. The lowest BCUT2D eigenvalue weighted by Gasteiger charge is -2.10. The van der Waals surface area contributed by atoms with Crippen LogP contribution in [0, 0.1) is 6.92 Å². The molecule has 6 heteroatoms. The number of aromatic nitrogens is 2. The van der Waals surface area contributed by atoms with Crippen LogP contribution in [0.25, 0.3) is 0 Å². The molecule has 2 aromatic rings.